The normalized spacial score (nSPS) is 22.9. The molecule has 0 radical (unpaired) electrons. The summed E-state index contributed by atoms with van der Waals surface area (Å²) < 4.78 is 1.83. The molecule has 6 nitrogen and oxygen atoms in total. The molecule has 2 rings (SSSR count). The van der Waals surface area contributed by atoms with E-state index in [0.29, 0.717) is 25.9 Å². The van der Waals surface area contributed by atoms with Crippen molar-refractivity contribution < 1.29 is 14.7 Å². The van der Waals surface area contributed by atoms with E-state index in [1.807, 2.05) is 32.5 Å². The predicted molar refractivity (Wildman–Crippen MR) is 82.5 cm³/mol. The van der Waals surface area contributed by atoms with E-state index in [-0.39, 0.29) is 11.8 Å². The molecule has 2 atom stereocenters. The van der Waals surface area contributed by atoms with Crippen LogP contribution in [0.15, 0.2) is 0 Å². The van der Waals surface area contributed by atoms with Crippen LogP contribution >= 0.6 is 0 Å². The molecule has 1 fully saturated rings. The first-order chi connectivity index (χ1) is 10.2. The van der Waals surface area contributed by atoms with Gasteiger partial charge < -0.3 is 10.0 Å². The summed E-state index contributed by atoms with van der Waals surface area (Å²) in [4.78, 5) is 25.6. The predicted octanol–water partition coefficient (Wildman–Crippen LogP) is 1.54. The van der Waals surface area contributed by atoms with Crippen LogP contribution in [0.1, 0.15) is 37.2 Å². The molecule has 6 heteroatoms. The Labute approximate surface area is 131 Å². The second kappa shape index (κ2) is 5.74. The van der Waals surface area contributed by atoms with Gasteiger partial charge in [0.1, 0.15) is 0 Å². The summed E-state index contributed by atoms with van der Waals surface area (Å²) in [5.41, 5.74) is 2.34. The molecule has 1 amide bonds. The highest BCUT2D eigenvalue weighted by Crippen LogP contribution is 2.31. The number of hydrogen-bond donors (Lipinski definition) is 1. The van der Waals surface area contributed by atoms with Crippen LogP contribution in [0.3, 0.4) is 0 Å². The van der Waals surface area contributed by atoms with Crippen molar-refractivity contribution in [3.63, 3.8) is 0 Å². The molecule has 122 valence electrons. The molecule has 1 N–H and O–H groups in total. The van der Waals surface area contributed by atoms with Crippen LogP contribution in [0.2, 0.25) is 0 Å². The van der Waals surface area contributed by atoms with E-state index < -0.39 is 11.4 Å². The quantitative estimate of drug-likeness (QED) is 0.915. The minimum atomic E-state index is -0.825. The highest BCUT2D eigenvalue weighted by molar-refractivity contribution is 5.82. The first-order valence-corrected chi connectivity index (χ1v) is 7.67. The Bertz CT molecular complexity index is 608. The standard InChI is InChI=1S/C16H25N3O3/c1-10(8-13-11(2)17-18(5)12(13)3)14(20)19-7-6-16(4,9-19)15(21)22/h10H,6-9H2,1-5H3,(H,21,22)/t10-,16-/m1/s1. The number of nitrogens with zero attached hydrogens (tertiary/aromatic N) is 3. The van der Waals surface area contributed by atoms with Gasteiger partial charge in [-0.05, 0) is 39.2 Å². The topological polar surface area (TPSA) is 75.4 Å². The number of hydrogen-bond acceptors (Lipinski definition) is 3. The Morgan fingerprint density at radius 1 is 1.41 bits per heavy atom. The molecule has 0 bridgehead atoms. The van der Waals surface area contributed by atoms with E-state index in [1.165, 1.54) is 0 Å². The zero-order valence-electron chi connectivity index (χ0n) is 14.0. The Hall–Kier alpha value is -1.85. The van der Waals surface area contributed by atoms with Gasteiger partial charge in [0, 0.05) is 31.7 Å². The maximum Gasteiger partial charge on any atom is 0.311 e. The van der Waals surface area contributed by atoms with Crippen LogP contribution in [0.4, 0.5) is 0 Å². The molecule has 0 spiro atoms. The molecule has 1 aliphatic heterocycles. The summed E-state index contributed by atoms with van der Waals surface area (Å²) in [6, 6.07) is 0. The Kier molecular flexibility index (Phi) is 4.31. The maximum atomic E-state index is 12.6. The SMILES string of the molecule is Cc1nn(C)c(C)c1C[C@@H](C)C(=O)N1CC[C@@](C)(C(=O)O)C1. The minimum Gasteiger partial charge on any atom is -0.481 e. The first kappa shape index (κ1) is 16.5. The third-order valence-electron chi connectivity index (χ3n) is 4.89. The van der Waals surface area contributed by atoms with E-state index in [9.17, 15) is 14.7 Å². The molecular weight excluding hydrogens is 282 g/mol. The van der Waals surface area contributed by atoms with Gasteiger partial charge in [0.2, 0.25) is 5.91 Å². The van der Waals surface area contributed by atoms with Gasteiger partial charge in [-0.15, -0.1) is 0 Å². The summed E-state index contributed by atoms with van der Waals surface area (Å²) in [5.74, 6) is -0.959. The monoisotopic (exact) mass is 307 g/mol. The van der Waals surface area contributed by atoms with Crippen molar-refractivity contribution in [2.45, 2.75) is 40.5 Å². The zero-order chi connectivity index (χ0) is 16.7. The van der Waals surface area contributed by atoms with Crippen LogP contribution in [-0.4, -0.2) is 44.8 Å². The highest BCUT2D eigenvalue weighted by atomic mass is 16.4. The van der Waals surface area contributed by atoms with Gasteiger partial charge in [-0.3, -0.25) is 14.3 Å². The van der Waals surface area contributed by atoms with E-state index >= 15 is 0 Å². The Balaban J connectivity index is 2.06. The fourth-order valence-electron chi connectivity index (χ4n) is 3.14. The lowest BCUT2D eigenvalue weighted by Gasteiger charge is -2.23. The van der Waals surface area contributed by atoms with E-state index in [1.54, 1.807) is 11.8 Å². The number of carbonyl (C=O) groups excluding carboxylic acids is 1. The van der Waals surface area contributed by atoms with Crippen molar-refractivity contribution in [3.8, 4) is 0 Å². The number of aryl methyl sites for hydroxylation is 2. The number of aromatic nitrogens is 2. The van der Waals surface area contributed by atoms with Crippen LogP contribution in [0, 0.1) is 25.2 Å². The van der Waals surface area contributed by atoms with Crippen molar-refractivity contribution in [3.05, 3.63) is 17.0 Å². The summed E-state index contributed by atoms with van der Waals surface area (Å²) >= 11 is 0. The largest absolute Gasteiger partial charge is 0.481 e. The number of amides is 1. The molecule has 0 aromatic carbocycles. The summed E-state index contributed by atoms with van der Waals surface area (Å²) in [7, 11) is 1.90. The maximum absolute atomic E-state index is 12.6. The third-order valence-corrected chi connectivity index (χ3v) is 4.89. The Morgan fingerprint density at radius 2 is 2.05 bits per heavy atom. The number of carboxylic acid groups (broad SMARTS) is 1. The molecule has 22 heavy (non-hydrogen) atoms. The highest BCUT2D eigenvalue weighted by Gasteiger charge is 2.42. The second-order valence-electron chi connectivity index (χ2n) is 6.75. The molecule has 0 unspecified atom stereocenters. The lowest BCUT2D eigenvalue weighted by Crippen LogP contribution is -2.38. The van der Waals surface area contributed by atoms with E-state index in [4.69, 9.17) is 0 Å². The molecule has 1 saturated heterocycles. The van der Waals surface area contributed by atoms with Gasteiger partial charge >= 0.3 is 5.97 Å². The zero-order valence-corrected chi connectivity index (χ0v) is 14.0. The number of likely N-dealkylation sites (tertiary alicyclic amines) is 1. The number of carbonyl (C=O) groups is 2. The molecule has 1 aromatic heterocycles. The lowest BCUT2D eigenvalue weighted by atomic mass is 9.90. The number of aliphatic carboxylic acids is 1. The Morgan fingerprint density at radius 3 is 2.50 bits per heavy atom. The first-order valence-electron chi connectivity index (χ1n) is 7.67. The number of carboxylic acids is 1. The summed E-state index contributed by atoms with van der Waals surface area (Å²) in [6.45, 7) is 8.40. The van der Waals surface area contributed by atoms with Crippen molar-refractivity contribution in [1.29, 1.82) is 0 Å². The molecule has 1 aliphatic rings. The minimum absolute atomic E-state index is 0.0348. The van der Waals surface area contributed by atoms with Crippen molar-refractivity contribution >= 4 is 11.9 Å². The fraction of sp³-hybridized carbons (Fsp3) is 0.688. The van der Waals surface area contributed by atoms with Crippen molar-refractivity contribution in [2.75, 3.05) is 13.1 Å². The van der Waals surface area contributed by atoms with Crippen LogP contribution in [-0.2, 0) is 23.1 Å². The van der Waals surface area contributed by atoms with Crippen LogP contribution in [0.25, 0.3) is 0 Å². The average Bonchev–Trinajstić information content (AvgIpc) is 2.95. The van der Waals surface area contributed by atoms with Gasteiger partial charge in [-0.25, -0.2) is 0 Å². The number of rotatable bonds is 4. The van der Waals surface area contributed by atoms with Gasteiger partial charge in [0.25, 0.3) is 0 Å². The van der Waals surface area contributed by atoms with E-state index in [2.05, 4.69) is 5.10 Å². The average molecular weight is 307 g/mol. The van der Waals surface area contributed by atoms with Gasteiger partial charge in [-0.2, -0.15) is 5.10 Å². The van der Waals surface area contributed by atoms with Crippen molar-refractivity contribution in [1.82, 2.24) is 14.7 Å². The molecule has 2 heterocycles. The lowest BCUT2D eigenvalue weighted by molar-refractivity contribution is -0.147. The molecular formula is C16H25N3O3. The fourth-order valence-corrected chi connectivity index (χ4v) is 3.14. The molecule has 0 saturated carbocycles. The van der Waals surface area contributed by atoms with Gasteiger partial charge in [0.05, 0.1) is 11.1 Å². The smallest absolute Gasteiger partial charge is 0.311 e. The van der Waals surface area contributed by atoms with Gasteiger partial charge in [0.15, 0.2) is 0 Å². The second-order valence-corrected chi connectivity index (χ2v) is 6.75. The summed E-state index contributed by atoms with van der Waals surface area (Å²) in [5, 5.41) is 13.7. The molecule has 0 aliphatic carbocycles. The van der Waals surface area contributed by atoms with Gasteiger partial charge in [-0.1, -0.05) is 6.92 Å². The molecule has 1 aromatic rings. The summed E-state index contributed by atoms with van der Waals surface area (Å²) in [6.07, 6.45) is 1.16. The van der Waals surface area contributed by atoms with E-state index in [0.717, 1.165) is 17.0 Å². The van der Waals surface area contributed by atoms with Crippen LogP contribution < -0.4 is 0 Å². The van der Waals surface area contributed by atoms with Crippen LogP contribution in [0.5, 0.6) is 0 Å². The van der Waals surface area contributed by atoms with Crippen molar-refractivity contribution in [2.24, 2.45) is 18.4 Å². The third kappa shape index (κ3) is 2.87.